The van der Waals surface area contributed by atoms with Crippen LogP contribution in [-0.2, 0) is 12.8 Å². The van der Waals surface area contributed by atoms with Crippen LogP contribution in [0.1, 0.15) is 44.4 Å². The molecular formula is C15H25B. The van der Waals surface area contributed by atoms with Crippen molar-refractivity contribution >= 4 is 7.85 Å². The number of aryl methyl sites for hydroxylation is 2. The Morgan fingerprint density at radius 3 is 2.31 bits per heavy atom. The molecule has 0 N–H and O–H groups in total. The van der Waals surface area contributed by atoms with Crippen molar-refractivity contribution in [1.29, 1.82) is 0 Å². The van der Waals surface area contributed by atoms with Crippen LogP contribution in [0.4, 0.5) is 0 Å². The van der Waals surface area contributed by atoms with Crippen molar-refractivity contribution < 1.29 is 0 Å². The van der Waals surface area contributed by atoms with Gasteiger partial charge < -0.3 is 0 Å². The van der Waals surface area contributed by atoms with Crippen LogP contribution in [0.15, 0.2) is 18.2 Å². The summed E-state index contributed by atoms with van der Waals surface area (Å²) in [6, 6.07) is 6.77. The van der Waals surface area contributed by atoms with Gasteiger partial charge in [0.1, 0.15) is 0 Å². The lowest BCUT2D eigenvalue weighted by Gasteiger charge is -2.10. The van der Waals surface area contributed by atoms with Crippen LogP contribution in [0.2, 0.25) is 6.32 Å². The van der Waals surface area contributed by atoms with Gasteiger partial charge in [0.05, 0.1) is 7.85 Å². The molecule has 0 saturated carbocycles. The molecule has 1 unspecified atom stereocenters. The molecule has 0 aliphatic heterocycles. The van der Waals surface area contributed by atoms with Crippen molar-refractivity contribution in [2.24, 2.45) is 5.92 Å². The van der Waals surface area contributed by atoms with Crippen molar-refractivity contribution in [3.63, 3.8) is 0 Å². The van der Waals surface area contributed by atoms with E-state index in [9.17, 15) is 0 Å². The third-order valence-corrected chi connectivity index (χ3v) is 2.77. The zero-order valence-electron chi connectivity index (χ0n) is 11.5. The first-order chi connectivity index (χ1) is 7.67. The van der Waals surface area contributed by atoms with Crippen molar-refractivity contribution in [3.8, 4) is 0 Å². The van der Waals surface area contributed by atoms with E-state index in [0.29, 0.717) is 5.92 Å². The highest BCUT2D eigenvalue weighted by atomic mass is 14.1. The van der Waals surface area contributed by atoms with Crippen LogP contribution in [0, 0.1) is 12.8 Å². The van der Waals surface area contributed by atoms with E-state index in [1.165, 1.54) is 16.7 Å². The highest BCUT2D eigenvalue weighted by Crippen LogP contribution is 2.16. The van der Waals surface area contributed by atoms with Gasteiger partial charge >= 0.3 is 0 Å². The molecule has 2 radical (unpaired) electrons. The highest BCUT2D eigenvalue weighted by Gasteiger charge is 2.02. The monoisotopic (exact) mass is 216 g/mol. The number of hydrogen-bond donors (Lipinski definition) is 0. The molecule has 0 aromatic heterocycles. The van der Waals surface area contributed by atoms with Crippen LogP contribution in [0.25, 0.3) is 0 Å². The predicted octanol–water partition coefficient (Wildman–Crippen LogP) is 4.35. The molecule has 0 bridgehead atoms. The van der Waals surface area contributed by atoms with Crippen molar-refractivity contribution in [2.45, 2.75) is 53.8 Å². The molecule has 0 aliphatic carbocycles. The van der Waals surface area contributed by atoms with Gasteiger partial charge in [0.2, 0.25) is 0 Å². The van der Waals surface area contributed by atoms with E-state index in [-0.39, 0.29) is 0 Å². The van der Waals surface area contributed by atoms with E-state index in [2.05, 4.69) is 39.0 Å². The van der Waals surface area contributed by atoms with E-state index in [1.54, 1.807) is 0 Å². The van der Waals surface area contributed by atoms with Gasteiger partial charge in [-0.2, -0.15) is 0 Å². The molecule has 0 spiro atoms. The number of rotatable bonds is 4. The maximum Gasteiger partial charge on any atom is 0.0656 e. The second kappa shape index (κ2) is 8.44. The molecule has 1 aromatic rings. The molecule has 0 nitrogen and oxygen atoms in total. The van der Waals surface area contributed by atoms with E-state index in [0.717, 1.165) is 19.2 Å². The van der Waals surface area contributed by atoms with Gasteiger partial charge in [-0.25, -0.2) is 0 Å². The predicted molar refractivity (Wildman–Crippen MR) is 75.3 cm³/mol. The van der Waals surface area contributed by atoms with Crippen LogP contribution in [-0.4, -0.2) is 7.85 Å². The lowest BCUT2D eigenvalue weighted by atomic mass is 9.87. The van der Waals surface area contributed by atoms with E-state index >= 15 is 0 Å². The summed E-state index contributed by atoms with van der Waals surface area (Å²) in [4.78, 5) is 0. The van der Waals surface area contributed by atoms with E-state index < -0.39 is 0 Å². The normalized spacial score (nSPS) is 11.6. The second-order valence-electron chi connectivity index (χ2n) is 4.16. The smallest absolute Gasteiger partial charge is 0.0656 e. The zero-order valence-corrected chi connectivity index (χ0v) is 11.5. The van der Waals surface area contributed by atoms with Crippen molar-refractivity contribution in [3.05, 3.63) is 34.9 Å². The molecule has 1 rings (SSSR count). The average molecular weight is 216 g/mol. The van der Waals surface area contributed by atoms with Gasteiger partial charge in [0.15, 0.2) is 0 Å². The average Bonchev–Trinajstić information content (AvgIpc) is 2.32. The van der Waals surface area contributed by atoms with Crippen molar-refractivity contribution in [2.75, 3.05) is 0 Å². The lowest BCUT2D eigenvalue weighted by Crippen LogP contribution is -1.99. The minimum atomic E-state index is 0.585. The zero-order chi connectivity index (χ0) is 12.6. The van der Waals surface area contributed by atoms with Gasteiger partial charge in [-0.05, 0) is 42.4 Å². The first kappa shape index (κ1) is 15.3. The Bertz CT molecular complexity index is 291. The molecule has 0 fully saturated rings. The summed E-state index contributed by atoms with van der Waals surface area (Å²) in [7, 11) is 5.61. The molecular weight excluding hydrogens is 191 g/mol. The molecule has 1 atom stereocenters. The molecule has 16 heavy (non-hydrogen) atoms. The fourth-order valence-corrected chi connectivity index (χ4v) is 1.77. The summed E-state index contributed by atoms with van der Waals surface area (Å²) in [6.07, 6.45) is 2.99. The topological polar surface area (TPSA) is 0 Å². The Kier molecular flexibility index (Phi) is 8.06. The van der Waals surface area contributed by atoms with E-state index in [4.69, 9.17) is 7.85 Å². The third kappa shape index (κ3) is 4.87. The Morgan fingerprint density at radius 1 is 1.25 bits per heavy atom. The van der Waals surface area contributed by atoms with Gasteiger partial charge in [-0.1, -0.05) is 52.2 Å². The summed E-state index contributed by atoms with van der Waals surface area (Å²) in [5.74, 6) is 0.585. The Morgan fingerprint density at radius 2 is 1.88 bits per heavy atom. The number of hydrogen-bond acceptors (Lipinski definition) is 0. The van der Waals surface area contributed by atoms with Gasteiger partial charge in [0, 0.05) is 0 Å². The third-order valence-electron chi connectivity index (χ3n) is 2.77. The molecule has 0 amide bonds. The number of benzene rings is 1. The minimum absolute atomic E-state index is 0.585. The van der Waals surface area contributed by atoms with Crippen LogP contribution >= 0.6 is 0 Å². The minimum Gasteiger partial charge on any atom is -0.0859 e. The van der Waals surface area contributed by atoms with Crippen LogP contribution < -0.4 is 0 Å². The van der Waals surface area contributed by atoms with Gasteiger partial charge in [0.25, 0.3) is 0 Å². The quantitative estimate of drug-likeness (QED) is 0.656. The molecule has 0 saturated heterocycles. The summed E-state index contributed by atoms with van der Waals surface area (Å²) >= 11 is 0. The molecule has 1 aromatic carbocycles. The van der Waals surface area contributed by atoms with Gasteiger partial charge in [-0.3, -0.25) is 0 Å². The highest BCUT2D eigenvalue weighted by molar-refractivity contribution is 6.08. The Labute approximate surface area is 103 Å². The van der Waals surface area contributed by atoms with Crippen LogP contribution in [0.5, 0.6) is 0 Å². The van der Waals surface area contributed by atoms with Crippen LogP contribution in [0.3, 0.4) is 0 Å². The SMILES string of the molecule is CC.[B]CC(C)Cc1ccc(CC)c(C)c1. The first-order valence-corrected chi connectivity index (χ1v) is 6.45. The molecule has 1 heteroatoms. The standard InChI is InChI=1S/C13H19B.C2H6/c1-4-13-6-5-12(8-11(13)3)7-10(2)9-14;1-2/h5-6,8,10H,4,7,9H2,1-3H3;1-2H3. The molecule has 88 valence electrons. The summed E-state index contributed by atoms with van der Waals surface area (Å²) in [5.41, 5.74) is 4.28. The molecule has 0 heterocycles. The first-order valence-electron chi connectivity index (χ1n) is 6.45. The van der Waals surface area contributed by atoms with Crippen molar-refractivity contribution in [1.82, 2.24) is 0 Å². The Hall–Kier alpha value is -0.715. The molecule has 0 aliphatic rings. The second-order valence-corrected chi connectivity index (χ2v) is 4.16. The summed E-state index contributed by atoms with van der Waals surface area (Å²) in [6.45, 7) is 10.6. The van der Waals surface area contributed by atoms with E-state index in [1.807, 2.05) is 13.8 Å². The fraction of sp³-hybridized carbons (Fsp3) is 0.600. The Balaban J connectivity index is 0.00000106. The summed E-state index contributed by atoms with van der Waals surface area (Å²) in [5, 5.41) is 0. The maximum atomic E-state index is 5.61. The lowest BCUT2D eigenvalue weighted by molar-refractivity contribution is 0.646. The largest absolute Gasteiger partial charge is 0.0859 e. The fourth-order valence-electron chi connectivity index (χ4n) is 1.77. The maximum absolute atomic E-state index is 5.61. The van der Waals surface area contributed by atoms with Gasteiger partial charge in [-0.15, -0.1) is 0 Å². The summed E-state index contributed by atoms with van der Waals surface area (Å²) < 4.78 is 0.